The van der Waals surface area contributed by atoms with Crippen molar-refractivity contribution < 1.29 is 0 Å². The van der Waals surface area contributed by atoms with E-state index < -0.39 is 0 Å². The maximum atomic E-state index is 5.04. The molecule has 1 fully saturated rings. The van der Waals surface area contributed by atoms with Gasteiger partial charge >= 0.3 is 0 Å². The normalized spacial score (nSPS) is 14.2. The van der Waals surface area contributed by atoms with Crippen LogP contribution in [-0.2, 0) is 6.42 Å². The van der Waals surface area contributed by atoms with Crippen molar-refractivity contribution in [2.45, 2.75) is 32.2 Å². The standard InChI is InChI=1S/C28H25N5/c1-2-19-12-15-21(18-29-19)31-24-16-26-28(17-25(24)30-20-13-14-20)33(22-8-4-3-5-9-22)27-11-7-6-10-23(27)32-26/h3-12,15-18,20,31H,2,13-14H2,1H3. The molecule has 0 saturated heterocycles. The minimum atomic E-state index is 0.405. The lowest BCUT2D eigenvalue weighted by atomic mass is 10.1. The van der Waals surface area contributed by atoms with Crippen molar-refractivity contribution in [2.24, 2.45) is 4.99 Å². The van der Waals surface area contributed by atoms with Crippen molar-refractivity contribution in [1.82, 2.24) is 14.5 Å². The highest BCUT2D eigenvalue weighted by Crippen LogP contribution is 2.31. The highest BCUT2D eigenvalue weighted by Gasteiger charge is 2.21. The maximum Gasteiger partial charge on any atom is 0.0900 e. The summed E-state index contributed by atoms with van der Waals surface area (Å²) in [7, 11) is 0. The van der Waals surface area contributed by atoms with Crippen molar-refractivity contribution in [1.29, 1.82) is 0 Å². The van der Waals surface area contributed by atoms with Gasteiger partial charge in [-0.05, 0) is 67.8 Å². The first-order valence-corrected chi connectivity index (χ1v) is 11.6. The molecule has 1 saturated carbocycles. The molecular weight excluding hydrogens is 406 g/mol. The zero-order valence-electron chi connectivity index (χ0n) is 18.6. The fraction of sp³-hybridized carbons (Fsp3) is 0.179. The van der Waals surface area contributed by atoms with E-state index in [1.54, 1.807) is 0 Å². The zero-order valence-corrected chi connectivity index (χ0v) is 18.6. The van der Waals surface area contributed by atoms with Gasteiger partial charge in [-0.15, -0.1) is 0 Å². The number of pyridine rings is 1. The van der Waals surface area contributed by atoms with Crippen LogP contribution < -0.4 is 10.7 Å². The molecule has 0 radical (unpaired) electrons. The molecule has 0 bridgehead atoms. The smallest absolute Gasteiger partial charge is 0.0900 e. The van der Waals surface area contributed by atoms with Gasteiger partial charge < -0.3 is 9.88 Å². The second-order valence-electron chi connectivity index (χ2n) is 8.51. The highest BCUT2D eigenvalue weighted by molar-refractivity contribution is 5.84. The average Bonchev–Trinajstić information content (AvgIpc) is 3.68. The molecule has 3 aliphatic rings. The molecule has 0 atom stereocenters. The summed E-state index contributed by atoms with van der Waals surface area (Å²) in [6, 6.07) is 27.6. The van der Waals surface area contributed by atoms with Crippen LogP contribution in [0.4, 0.5) is 11.4 Å². The molecular formula is C28H25N5. The van der Waals surface area contributed by atoms with Crippen LogP contribution >= 0.6 is 0 Å². The monoisotopic (exact) mass is 431 g/mol. The molecule has 3 aromatic rings. The highest BCUT2D eigenvalue weighted by atomic mass is 15.0. The van der Waals surface area contributed by atoms with Crippen molar-refractivity contribution in [3.8, 4) is 17.1 Å². The molecule has 162 valence electrons. The second kappa shape index (κ2) is 8.17. The largest absolute Gasteiger partial charge is 0.352 e. The number of nitrogens with one attached hydrogen (secondary N) is 1. The Bertz CT molecular complexity index is 1460. The molecule has 2 heterocycles. The molecule has 0 spiro atoms. The predicted molar refractivity (Wildman–Crippen MR) is 133 cm³/mol. The SMILES string of the molecule is CCc1ccc(Nc2cc3nc4ccccc4n(-c4ccccc4)c-3cc2=NC2CC2)cn1. The Morgan fingerprint density at radius 1 is 0.970 bits per heavy atom. The number of benzene rings is 3. The lowest BCUT2D eigenvalue weighted by molar-refractivity contribution is 0.996. The molecule has 6 rings (SSSR count). The molecule has 33 heavy (non-hydrogen) atoms. The maximum absolute atomic E-state index is 5.04. The summed E-state index contributed by atoms with van der Waals surface area (Å²) in [6.45, 7) is 2.11. The number of anilines is 2. The van der Waals surface area contributed by atoms with E-state index in [1.165, 1.54) is 0 Å². The lowest BCUT2D eigenvalue weighted by Gasteiger charge is -2.20. The molecule has 0 unspecified atom stereocenters. The second-order valence-corrected chi connectivity index (χ2v) is 8.51. The van der Waals surface area contributed by atoms with Crippen LogP contribution in [-0.4, -0.2) is 20.6 Å². The molecule has 0 amide bonds. The van der Waals surface area contributed by atoms with Crippen LogP contribution in [0.2, 0.25) is 0 Å². The quantitative estimate of drug-likeness (QED) is 0.353. The number of nitrogens with zero attached hydrogens (tertiary/aromatic N) is 4. The van der Waals surface area contributed by atoms with Gasteiger partial charge in [-0.25, -0.2) is 4.98 Å². The minimum Gasteiger partial charge on any atom is -0.352 e. The first-order valence-electron chi connectivity index (χ1n) is 11.6. The van der Waals surface area contributed by atoms with Gasteiger partial charge in [0.15, 0.2) is 0 Å². The van der Waals surface area contributed by atoms with Gasteiger partial charge in [0.25, 0.3) is 0 Å². The van der Waals surface area contributed by atoms with Crippen LogP contribution in [0.5, 0.6) is 0 Å². The zero-order chi connectivity index (χ0) is 22.2. The van der Waals surface area contributed by atoms with Crippen LogP contribution in [0, 0.1) is 0 Å². The van der Waals surface area contributed by atoms with Gasteiger partial charge in [0.2, 0.25) is 0 Å². The molecule has 5 nitrogen and oxygen atoms in total. The third kappa shape index (κ3) is 3.87. The fourth-order valence-corrected chi connectivity index (χ4v) is 4.17. The van der Waals surface area contributed by atoms with Crippen molar-refractivity contribution in [3.05, 3.63) is 96.1 Å². The van der Waals surface area contributed by atoms with E-state index in [2.05, 4.69) is 88.5 Å². The summed E-state index contributed by atoms with van der Waals surface area (Å²) >= 11 is 0. The van der Waals surface area contributed by atoms with Gasteiger partial charge in [-0.1, -0.05) is 37.3 Å². The predicted octanol–water partition coefficient (Wildman–Crippen LogP) is 5.89. The Balaban J connectivity index is 1.59. The van der Waals surface area contributed by atoms with Crippen molar-refractivity contribution in [2.75, 3.05) is 5.32 Å². The van der Waals surface area contributed by atoms with E-state index in [1.807, 2.05) is 18.3 Å². The summed E-state index contributed by atoms with van der Waals surface area (Å²) < 4.78 is 2.28. The molecule has 1 aliphatic heterocycles. The number of fused-ring (bicyclic) bond motifs is 2. The number of aryl methyl sites for hydroxylation is 1. The van der Waals surface area contributed by atoms with E-state index in [4.69, 9.17) is 9.98 Å². The first kappa shape index (κ1) is 19.7. The van der Waals surface area contributed by atoms with Gasteiger partial charge in [0.05, 0.1) is 51.4 Å². The molecule has 2 aromatic carbocycles. The molecule has 1 aromatic heterocycles. The Labute approximate surface area is 192 Å². The van der Waals surface area contributed by atoms with E-state index in [-0.39, 0.29) is 0 Å². The summed E-state index contributed by atoms with van der Waals surface area (Å²) in [5.74, 6) is 0. The number of hydrogen-bond acceptors (Lipinski definition) is 4. The summed E-state index contributed by atoms with van der Waals surface area (Å²) in [5.41, 5.74) is 8.11. The number of para-hydroxylation sites is 3. The van der Waals surface area contributed by atoms with Crippen LogP contribution in [0.15, 0.2) is 90.1 Å². The van der Waals surface area contributed by atoms with Crippen molar-refractivity contribution >= 4 is 22.4 Å². The van der Waals surface area contributed by atoms with E-state index >= 15 is 0 Å². The Morgan fingerprint density at radius 2 is 1.79 bits per heavy atom. The van der Waals surface area contributed by atoms with E-state index in [9.17, 15) is 0 Å². The summed E-state index contributed by atoms with van der Waals surface area (Å²) in [4.78, 5) is 14.6. The Morgan fingerprint density at radius 3 is 2.55 bits per heavy atom. The lowest BCUT2D eigenvalue weighted by Crippen LogP contribution is -2.15. The van der Waals surface area contributed by atoms with E-state index in [0.717, 1.165) is 69.8 Å². The molecule has 5 heteroatoms. The van der Waals surface area contributed by atoms with Gasteiger partial charge in [-0.3, -0.25) is 9.98 Å². The van der Waals surface area contributed by atoms with Crippen LogP contribution in [0.25, 0.3) is 28.1 Å². The first-order chi connectivity index (χ1) is 16.3. The number of rotatable bonds is 5. The summed E-state index contributed by atoms with van der Waals surface area (Å²) in [5, 5.41) is 4.52. The Kier molecular flexibility index (Phi) is 4.87. The number of hydrogen-bond donors (Lipinski definition) is 1. The van der Waals surface area contributed by atoms with Crippen LogP contribution in [0.1, 0.15) is 25.5 Å². The average molecular weight is 432 g/mol. The molecule has 2 aliphatic carbocycles. The van der Waals surface area contributed by atoms with Crippen molar-refractivity contribution in [3.63, 3.8) is 0 Å². The topological polar surface area (TPSA) is 55.1 Å². The fourth-order valence-electron chi connectivity index (χ4n) is 4.17. The van der Waals surface area contributed by atoms with Gasteiger partial charge in [-0.2, -0.15) is 0 Å². The van der Waals surface area contributed by atoms with E-state index in [0.29, 0.717) is 6.04 Å². The van der Waals surface area contributed by atoms with Gasteiger partial charge in [0.1, 0.15) is 0 Å². The third-order valence-electron chi connectivity index (χ3n) is 6.05. The molecule has 1 N–H and O–H groups in total. The Hall–Kier alpha value is -3.99. The number of aromatic nitrogens is 3. The minimum absolute atomic E-state index is 0.405. The van der Waals surface area contributed by atoms with Gasteiger partial charge in [0, 0.05) is 11.4 Å². The van der Waals surface area contributed by atoms with Crippen LogP contribution in [0.3, 0.4) is 0 Å². The third-order valence-corrected chi connectivity index (χ3v) is 6.05. The summed E-state index contributed by atoms with van der Waals surface area (Å²) in [6.07, 6.45) is 5.12.